The molecule has 0 spiro atoms. The van der Waals surface area contributed by atoms with Gasteiger partial charge in [-0.3, -0.25) is 0 Å². The Morgan fingerprint density at radius 1 is 1.19 bits per heavy atom. The molecule has 1 atom stereocenters. The molecule has 2 N–H and O–H groups in total. The first-order valence-electron chi connectivity index (χ1n) is 7.12. The fraction of sp³-hybridized carbons (Fsp3) is 0.625. The van der Waals surface area contributed by atoms with Crippen molar-refractivity contribution >= 4 is 0 Å². The Morgan fingerprint density at radius 2 is 1.81 bits per heavy atom. The number of benzene rings is 1. The van der Waals surface area contributed by atoms with Crippen LogP contribution < -0.4 is 10.5 Å². The Hall–Kier alpha value is -1.23. The van der Waals surface area contributed by atoms with E-state index < -0.39 is 25.2 Å². The Morgan fingerprint density at radius 3 is 2.24 bits per heavy atom. The molecule has 0 fully saturated rings. The molecule has 5 heteroatoms. The molecule has 0 heterocycles. The van der Waals surface area contributed by atoms with E-state index in [2.05, 4.69) is 0 Å². The zero-order chi connectivity index (χ0) is 16.3. The molecule has 120 valence electrons. The summed E-state index contributed by atoms with van der Waals surface area (Å²) in [6.07, 6.45) is -3.46. The molecular weight excluding hydrogens is 279 g/mol. The molecule has 0 aliphatic rings. The third-order valence-corrected chi connectivity index (χ3v) is 3.45. The molecule has 0 aromatic heterocycles. The van der Waals surface area contributed by atoms with Crippen LogP contribution in [0.2, 0.25) is 0 Å². The van der Waals surface area contributed by atoms with E-state index in [1.807, 2.05) is 39.8 Å². The fourth-order valence-electron chi connectivity index (χ4n) is 2.00. The van der Waals surface area contributed by atoms with Crippen LogP contribution in [0.4, 0.5) is 13.2 Å². The molecule has 2 nitrogen and oxygen atoms in total. The van der Waals surface area contributed by atoms with E-state index in [0.29, 0.717) is 5.75 Å². The number of halogens is 3. The minimum absolute atomic E-state index is 0.197. The van der Waals surface area contributed by atoms with Crippen molar-refractivity contribution < 1.29 is 17.9 Å². The molecule has 1 aromatic rings. The first-order chi connectivity index (χ1) is 9.59. The van der Waals surface area contributed by atoms with E-state index >= 15 is 0 Å². The van der Waals surface area contributed by atoms with Crippen LogP contribution in [0.25, 0.3) is 0 Å². The van der Waals surface area contributed by atoms with Gasteiger partial charge in [-0.25, -0.2) is 0 Å². The van der Waals surface area contributed by atoms with Crippen LogP contribution >= 0.6 is 0 Å². The highest BCUT2D eigenvalue weighted by Gasteiger charge is 2.39. The van der Waals surface area contributed by atoms with E-state index in [1.54, 1.807) is 6.07 Å². The maximum Gasteiger partial charge on any atom is 0.396 e. The predicted molar refractivity (Wildman–Crippen MR) is 78.6 cm³/mol. The second-order valence-corrected chi connectivity index (χ2v) is 6.22. The average molecular weight is 303 g/mol. The summed E-state index contributed by atoms with van der Waals surface area (Å²) in [5.41, 5.74) is 7.05. The number of nitrogens with two attached hydrogens (primary N) is 1. The first-order valence-corrected chi connectivity index (χ1v) is 7.12. The quantitative estimate of drug-likeness (QED) is 0.890. The number of aryl methyl sites for hydroxylation is 1. The van der Waals surface area contributed by atoms with Gasteiger partial charge in [-0.05, 0) is 29.0 Å². The number of hydrogen-bond donors (Lipinski definition) is 1. The monoisotopic (exact) mass is 303 g/mol. The minimum Gasteiger partial charge on any atom is -0.493 e. The number of hydrogen-bond acceptors (Lipinski definition) is 2. The van der Waals surface area contributed by atoms with E-state index in [4.69, 9.17) is 10.5 Å². The van der Waals surface area contributed by atoms with Gasteiger partial charge in [0.05, 0.1) is 0 Å². The summed E-state index contributed by atoms with van der Waals surface area (Å²) < 4.78 is 43.6. The lowest BCUT2D eigenvalue weighted by atomic mass is 9.85. The lowest BCUT2D eigenvalue weighted by molar-refractivity contribution is -0.178. The molecule has 21 heavy (non-hydrogen) atoms. The van der Waals surface area contributed by atoms with Crippen molar-refractivity contribution in [1.29, 1.82) is 0 Å². The minimum atomic E-state index is -4.33. The summed E-state index contributed by atoms with van der Waals surface area (Å²) in [6.45, 7) is 7.16. The fourth-order valence-corrected chi connectivity index (χ4v) is 2.00. The van der Waals surface area contributed by atoms with Gasteiger partial charge in [0.15, 0.2) is 0 Å². The van der Waals surface area contributed by atoms with Gasteiger partial charge in [-0.2, -0.15) is 13.2 Å². The summed E-state index contributed by atoms with van der Waals surface area (Å²) in [4.78, 5) is 0. The number of alkyl halides is 3. The van der Waals surface area contributed by atoms with Gasteiger partial charge in [0.2, 0.25) is 0 Å². The second kappa shape index (κ2) is 6.69. The SMILES string of the molecule is CCc1ccc(OCC(CN)C(F)(F)F)c(C(C)(C)C)c1. The van der Waals surface area contributed by atoms with Crippen molar-refractivity contribution in [1.82, 2.24) is 0 Å². The standard InChI is InChI=1S/C16H24F3NO/c1-5-11-6-7-14(13(8-11)15(2,3)4)21-10-12(9-20)16(17,18)19/h6-8,12H,5,9-10,20H2,1-4H3. The van der Waals surface area contributed by atoms with Gasteiger partial charge in [0.25, 0.3) is 0 Å². The summed E-state index contributed by atoms with van der Waals surface area (Å²) in [6, 6.07) is 5.64. The van der Waals surface area contributed by atoms with Gasteiger partial charge in [-0.1, -0.05) is 39.8 Å². The molecule has 0 radical (unpaired) electrons. The third kappa shape index (κ3) is 4.92. The number of rotatable bonds is 5. The predicted octanol–water partition coefficient (Wildman–Crippen LogP) is 4.06. The highest BCUT2D eigenvalue weighted by atomic mass is 19.4. The molecule has 0 saturated heterocycles. The molecule has 0 saturated carbocycles. The van der Waals surface area contributed by atoms with Crippen LogP contribution in [0.1, 0.15) is 38.8 Å². The second-order valence-electron chi connectivity index (χ2n) is 6.22. The van der Waals surface area contributed by atoms with Gasteiger partial charge < -0.3 is 10.5 Å². The summed E-state index contributed by atoms with van der Waals surface area (Å²) in [7, 11) is 0. The maximum absolute atomic E-state index is 12.7. The van der Waals surface area contributed by atoms with Crippen molar-refractivity contribution in [2.45, 2.75) is 45.7 Å². The van der Waals surface area contributed by atoms with Crippen LogP contribution in [-0.2, 0) is 11.8 Å². The lowest BCUT2D eigenvalue weighted by Crippen LogP contribution is -2.35. The lowest BCUT2D eigenvalue weighted by Gasteiger charge is -2.25. The highest BCUT2D eigenvalue weighted by molar-refractivity contribution is 5.41. The normalized spacial score (nSPS) is 14.1. The summed E-state index contributed by atoms with van der Waals surface area (Å²) >= 11 is 0. The molecule has 0 aliphatic carbocycles. The van der Waals surface area contributed by atoms with Crippen LogP contribution in [0.15, 0.2) is 18.2 Å². The highest BCUT2D eigenvalue weighted by Crippen LogP contribution is 2.33. The molecule has 0 aliphatic heterocycles. The summed E-state index contributed by atoms with van der Waals surface area (Å²) in [5, 5.41) is 0. The van der Waals surface area contributed by atoms with Crippen molar-refractivity contribution in [2.75, 3.05) is 13.2 Å². The zero-order valence-corrected chi connectivity index (χ0v) is 13.1. The van der Waals surface area contributed by atoms with Crippen LogP contribution in [0, 0.1) is 5.92 Å². The van der Waals surface area contributed by atoms with E-state index in [0.717, 1.165) is 17.5 Å². The first kappa shape index (κ1) is 17.8. The zero-order valence-electron chi connectivity index (χ0n) is 13.1. The van der Waals surface area contributed by atoms with Crippen LogP contribution in [0.3, 0.4) is 0 Å². The van der Waals surface area contributed by atoms with Gasteiger partial charge in [0.1, 0.15) is 18.3 Å². The maximum atomic E-state index is 12.7. The van der Waals surface area contributed by atoms with Gasteiger partial charge in [-0.15, -0.1) is 0 Å². The van der Waals surface area contributed by atoms with Crippen molar-refractivity contribution in [3.8, 4) is 5.75 Å². The Labute approximate surface area is 124 Å². The van der Waals surface area contributed by atoms with Crippen LogP contribution in [-0.4, -0.2) is 19.3 Å². The molecule has 1 aromatic carbocycles. The Bertz CT molecular complexity index is 464. The van der Waals surface area contributed by atoms with Crippen molar-refractivity contribution in [2.24, 2.45) is 11.7 Å². The third-order valence-electron chi connectivity index (χ3n) is 3.45. The summed E-state index contributed by atoms with van der Waals surface area (Å²) in [5.74, 6) is -1.14. The topological polar surface area (TPSA) is 35.2 Å². The van der Waals surface area contributed by atoms with Crippen molar-refractivity contribution in [3.63, 3.8) is 0 Å². The van der Waals surface area contributed by atoms with E-state index in [9.17, 15) is 13.2 Å². The molecule has 0 bridgehead atoms. The van der Waals surface area contributed by atoms with Crippen molar-refractivity contribution in [3.05, 3.63) is 29.3 Å². The largest absolute Gasteiger partial charge is 0.493 e. The number of ether oxygens (including phenoxy) is 1. The Balaban J connectivity index is 2.98. The molecule has 1 rings (SSSR count). The smallest absolute Gasteiger partial charge is 0.396 e. The van der Waals surface area contributed by atoms with Gasteiger partial charge >= 0.3 is 6.18 Å². The molecular formula is C16H24F3NO. The molecule has 0 amide bonds. The van der Waals surface area contributed by atoms with Gasteiger partial charge in [0, 0.05) is 6.54 Å². The average Bonchev–Trinajstić information content (AvgIpc) is 2.36. The van der Waals surface area contributed by atoms with Crippen LogP contribution in [0.5, 0.6) is 5.75 Å². The molecule has 1 unspecified atom stereocenters. The van der Waals surface area contributed by atoms with E-state index in [1.165, 1.54) is 0 Å². The Kier molecular flexibility index (Phi) is 5.68. The van der Waals surface area contributed by atoms with E-state index in [-0.39, 0.29) is 5.41 Å².